The molecule has 2 aromatic heterocycles. The third kappa shape index (κ3) is 4.50. The van der Waals surface area contributed by atoms with Crippen molar-refractivity contribution < 1.29 is 31.9 Å². The maximum absolute atomic E-state index is 13.5. The second-order valence-electron chi connectivity index (χ2n) is 9.55. The zero-order chi connectivity index (χ0) is 26.5. The number of aromatic nitrogens is 2. The monoisotopic (exact) mass is 517 g/mol. The minimum Gasteiger partial charge on any atom is -0.494 e. The fourth-order valence-corrected chi connectivity index (χ4v) is 5.05. The largest absolute Gasteiger partial charge is 0.494 e. The normalized spacial score (nSPS) is 18.3. The highest BCUT2D eigenvalue weighted by molar-refractivity contribution is 5.98. The highest BCUT2D eigenvalue weighted by Gasteiger charge is 2.42. The number of methoxy groups -OCH3 is 1. The Labute approximate surface area is 210 Å². The summed E-state index contributed by atoms with van der Waals surface area (Å²) in [6, 6.07) is 4.56. The number of amides is 2. The van der Waals surface area contributed by atoms with Crippen LogP contribution in [0.2, 0.25) is 0 Å². The van der Waals surface area contributed by atoms with Crippen molar-refractivity contribution in [3.05, 3.63) is 41.4 Å². The molecule has 2 aliphatic heterocycles. The van der Waals surface area contributed by atoms with Crippen molar-refractivity contribution in [2.75, 3.05) is 20.2 Å². The molecule has 37 heavy (non-hydrogen) atoms. The lowest BCUT2D eigenvalue weighted by atomic mass is 9.86. The first-order chi connectivity index (χ1) is 17.5. The molecule has 0 bridgehead atoms. The van der Waals surface area contributed by atoms with E-state index < -0.39 is 17.9 Å². The van der Waals surface area contributed by atoms with Crippen molar-refractivity contribution in [3.63, 3.8) is 0 Å². The van der Waals surface area contributed by atoms with Crippen LogP contribution in [0.4, 0.5) is 13.2 Å². The van der Waals surface area contributed by atoms with Crippen molar-refractivity contribution in [3.8, 4) is 17.2 Å². The number of nitrogens with two attached hydrogens (primary N) is 1. The smallest absolute Gasteiger partial charge is 0.433 e. The van der Waals surface area contributed by atoms with Crippen LogP contribution in [-0.2, 0) is 11.0 Å². The maximum atomic E-state index is 13.5. The summed E-state index contributed by atoms with van der Waals surface area (Å²) in [6.45, 7) is 2.54. The Morgan fingerprint density at radius 1 is 1.19 bits per heavy atom. The van der Waals surface area contributed by atoms with E-state index >= 15 is 0 Å². The number of benzene rings is 1. The summed E-state index contributed by atoms with van der Waals surface area (Å²) in [5, 5.41) is 3.37. The van der Waals surface area contributed by atoms with Crippen molar-refractivity contribution in [1.29, 1.82) is 0 Å². The highest BCUT2D eigenvalue weighted by Crippen LogP contribution is 2.38. The topological polar surface area (TPSA) is 124 Å². The number of fused-ring (bicyclic) bond motifs is 1. The minimum atomic E-state index is -4.63. The number of hydrogen-bond acceptors (Lipinski definition) is 7. The van der Waals surface area contributed by atoms with Gasteiger partial charge in [-0.15, -0.1) is 0 Å². The Bertz CT molecular complexity index is 1380. The van der Waals surface area contributed by atoms with Crippen molar-refractivity contribution in [2.24, 2.45) is 5.73 Å². The molecular weight excluding hydrogens is 491 g/mol. The number of oxazole rings is 1. The Hall–Kier alpha value is -3.67. The average molecular weight is 518 g/mol. The van der Waals surface area contributed by atoms with Crippen LogP contribution in [0.5, 0.6) is 5.75 Å². The molecule has 196 valence electrons. The van der Waals surface area contributed by atoms with E-state index in [9.17, 15) is 22.8 Å². The Balaban J connectivity index is 1.50. The first kappa shape index (κ1) is 25.0. The Kier molecular flexibility index (Phi) is 6.09. The summed E-state index contributed by atoms with van der Waals surface area (Å²) < 4.78 is 51.0. The number of pyridine rings is 1. The summed E-state index contributed by atoms with van der Waals surface area (Å²) in [5.41, 5.74) is 5.17. The summed E-state index contributed by atoms with van der Waals surface area (Å²) in [7, 11) is 1.34. The van der Waals surface area contributed by atoms with Crippen molar-refractivity contribution in [2.45, 2.75) is 50.4 Å². The van der Waals surface area contributed by atoms with E-state index in [4.69, 9.17) is 14.9 Å². The first-order valence-electron chi connectivity index (χ1n) is 11.9. The number of alkyl halides is 3. The quantitative estimate of drug-likeness (QED) is 0.539. The summed E-state index contributed by atoms with van der Waals surface area (Å²) >= 11 is 0. The number of halogens is 3. The van der Waals surface area contributed by atoms with Crippen LogP contribution < -0.4 is 15.8 Å². The molecule has 2 amide bonds. The second-order valence-corrected chi connectivity index (χ2v) is 9.55. The molecule has 3 N–H and O–H groups in total. The molecule has 0 aliphatic carbocycles. The van der Waals surface area contributed by atoms with Crippen LogP contribution in [0.15, 0.2) is 28.7 Å². The SMILES string of the molecule is COc1ccc(-c2nc(C(=O)N3CCC4(CCC(=O)N4)CC3)c([C@H](C)N)o2)c2ccc(C(F)(F)F)nc12. The van der Waals surface area contributed by atoms with Gasteiger partial charge in [-0.05, 0) is 50.5 Å². The Morgan fingerprint density at radius 3 is 2.51 bits per heavy atom. The van der Waals surface area contributed by atoms with Gasteiger partial charge in [0.1, 0.15) is 17.0 Å². The number of rotatable bonds is 4. The molecule has 1 spiro atoms. The highest BCUT2D eigenvalue weighted by atomic mass is 19.4. The van der Waals surface area contributed by atoms with Gasteiger partial charge in [-0.1, -0.05) is 0 Å². The average Bonchev–Trinajstić information content (AvgIpc) is 3.46. The van der Waals surface area contributed by atoms with Gasteiger partial charge < -0.3 is 25.1 Å². The number of likely N-dealkylation sites (tertiary alicyclic amines) is 1. The molecule has 2 saturated heterocycles. The van der Waals surface area contributed by atoms with Gasteiger partial charge in [0.25, 0.3) is 5.91 Å². The van der Waals surface area contributed by atoms with Crippen LogP contribution >= 0.6 is 0 Å². The van der Waals surface area contributed by atoms with Gasteiger partial charge in [0, 0.05) is 36.0 Å². The van der Waals surface area contributed by atoms with Crippen LogP contribution in [0.3, 0.4) is 0 Å². The van der Waals surface area contributed by atoms with E-state index in [0.717, 1.165) is 12.5 Å². The number of carbonyl (C=O) groups is 2. The van der Waals surface area contributed by atoms with E-state index in [1.807, 2.05) is 0 Å². The van der Waals surface area contributed by atoms with Gasteiger partial charge in [-0.3, -0.25) is 9.59 Å². The lowest BCUT2D eigenvalue weighted by molar-refractivity contribution is -0.141. The third-order valence-corrected chi connectivity index (χ3v) is 7.07. The maximum Gasteiger partial charge on any atom is 0.433 e. The van der Waals surface area contributed by atoms with Crippen LogP contribution in [0.1, 0.15) is 60.6 Å². The minimum absolute atomic E-state index is 0.0109. The number of hydrogen-bond donors (Lipinski definition) is 2. The van der Waals surface area contributed by atoms with Gasteiger partial charge in [-0.2, -0.15) is 13.2 Å². The predicted octanol–water partition coefficient (Wildman–Crippen LogP) is 3.82. The number of ether oxygens (including phenoxy) is 1. The molecule has 2 fully saturated rings. The Morgan fingerprint density at radius 2 is 1.92 bits per heavy atom. The predicted molar refractivity (Wildman–Crippen MR) is 127 cm³/mol. The molecule has 0 radical (unpaired) electrons. The van der Waals surface area contributed by atoms with Gasteiger partial charge >= 0.3 is 6.18 Å². The molecule has 12 heteroatoms. The lowest BCUT2D eigenvalue weighted by Crippen LogP contribution is -2.52. The molecule has 4 heterocycles. The third-order valence-electron chi connectivity index (χ3n) is 7.07. The first-order valence-corrected chi connectivity index (χ1v) is 11.9. The molecule has 9 nitrogen and oxygen atoms in total. The molecule has 1 atom stereocenters. The van der Waals surface area contributed by atoms with Crippen LogP contribution in [0.25, 0.3) is 22.4 Å². The zero-order valence-corrected chi connectivity index (χ0v) is 20.3. The number of nitrogens with zero attached hydrogens (tertiary/aromatic N) is 3. The van der Waals surface area contributed by atoms with Gasteiger partial charge in [0.2, 0.25) is 11.8 Å². The number of carbonyl (C=O) groups excluding carboxylic acids is 2. The van der Waals surface area contributed by atoms with Crippen LogP contribution in [-0.4, -0.2) is 52.4 Å². The van der Waals surface area contributed by atoms with E-state index in [1.165, 1.54) is 19.2 Å². The van der Waals surface area contributed by atoms with Crippen LogP contribution in [0, 0.1) is 0 Å². The summed E-state index contributed by atoms with van der Waals surface area (Å²) in [4.78, 5) is 35.1. The summed E-state index contributed by atoms with van der Waals surface area (Å²) in [6.07, 6.45) is -2.11. The van der Waals surface area contributed by atoms with E-state index in [1.54, 1.807) is 17.9 Å². The fourth-order valence-electron chi connectivity index (χ4n) is 5.05. The van der Waals surface area contributed by atoms with Crippen molar-refractivity contribution >= 4 is 22.7 Å². The van der Waals surface area contributed by atoms with Gasteiger partial charge in [0.05, 0.1) is 13.2 Å². The van der Waals surface area contributed by atoms with Crippen molar-refractivity contribution in [1.82, 2.24) is 20.2 Å². The van der Waals surface area contributed by atoms with E-state index in [0.29, 0.717) is 43.3 Å². The standard InChI is InChI=1S/C25H26F3N5O4/c1-13(29)21-20(23(35)33-11-9-24(10-12-33)8-7-18(34)32-24)31-22(37-21)15-3-5-16(36-2)19-14(15)4-6-17(30-19)25(26,27)28/h3-6,13H,7-12,29H2,1-2H3,(H,32,34)/t13-/m0/s1. The van der Waals surface area contributed by atoms with Gasteiger partial charge in [0.15, 0.2) is 11.5 Å². The van der Waals surface area contributed by atoms with E-state index in [-0.39, 0.29) is 46.0 Å². The zero-order valence-electron chi connectivity index (χ0n) is 20.3. The fraction of sp³-hybridized carbons (Fsp3) is 0.440. The van der Waals surface area contributed by atoms with E-state index in [2.05, 4.69) is 15.3 Å². The van der Waals surface area contributed by atoms with Gasteiger partial charge in [-0.25, -0.2) is 9.97 Å². The molecule has 1 aromatic carbocycles. The molecule has 3 aromatic rings. The molecule has 0 saturated carbocycles. The second kappa shape index (κ2) is 9.02. The number of nitrogens with one attached hydrogen (secondary N) is 1. The molecular formula is C25H26F3N5O4. The number of piperidine rings is 1. The summed E-state index contributed by atoms with van der Waals surface area (Å²) in [5.74, 6) is 0.0570. The molecule has 2 aliphatic rings. The molecule has 0 unspecified atom stereocenters. The molecule has 5 rings (SSSR count). The lowest BCUT2D eigenvalue weighted by Gasteiger charge is -2.39.